The number of rotatable bonds is 4. The Morgan fingerprint density at radius 2 is 1.85 bits per heavy atom. The van der Waals surface area contributed by atoms with Gasteiger partial charge in [-0.3, -0.25) is 9.78 Å². The molecular weight excluding hydrogens is 364 g/mol. The van der Waals surface area contributed by atoms with E-state index >= 15 is 0 Å². The lowest BCUT2D eigenvalue weighted by Crippen LogP contribution is -2.45. The minimum absolute atomic E-state index is 0.0424. The smallest absolute Gasteiger partial charge is 0.311 e. The van der Waals surface area contributed by atoms with E-state index in [1.807, 2.05) is 6.07 Å². The van der Waals surface area contributed by atoms with Gasteiger partial charge in [-0.25, -0.2) is 4.98 Å². The van der Waals surface area contributed by atoms with Gasteiger partial charge >= 0.3 is 5.97 Å². The van der Waals surface area contributed by atoms with E-state index in [1.54, 1.807) is 19.4 Å². The molecule has 0 aliphatic heterocycles. The zero-order chi connectivity index (χ0) is 19.1. The molecule has 6 heteroatoms. The van der Waals surface area contributed by atoms with Crippen LogP contribution in [-0.4, -0.2) is 30.2 Å². The van der Waals surface area contributed by atoms with Gasteiger partial charge in [0.25, 0.3) is 0 Å². The second kappa shape index (κ2) is 6.79. The lowest BCUT2D eigenvalue weighted by Gasteiger charge is -2.50. The molecule has 0 radical (unpaired) electrons. The Morgan fingerprint density at radius 3 is 2.48 bits per heavy atom. The Bertz CT molecular complexity index is 900. The lowest BCUT2D eigenvalue weighted by molar-refractivity contribution is -0.161. The first kappa shape index (κ1) is 18.2. The van der Waals surface area contributed by atoms with Crippen LogP contribution in [0.25, 0.3) is 17.1 Å². The van der Waals surface area contributed by atoms with Gasteiger partial charge in [-0.15, -0.1) is 0 Å². The summed E-state index contributed by atoms with van der Waals surface area (Å²) >= 11 is 6.44. The highest BCUT2D eigenvalue weighted by atomic mass is 35.5. The predicted octanol–water partition coefficient (Wildman–Crippen LogP) is 4.82. The van der Waals surface area contributed by atoms with E-state index in [0.717, 1.165) is 55.1 Å². The van der Waals surface area contributed by atoms with Crippen molar-refractivity contribution in [3.63, 3.8) is 0 Å². The third-order valence-electron chi connectivity index (χ3n) is 6.41. The summed E-state index contributed by atoms with van der Waals surface area (Å²) in [5.41, 5.74) is 2.25. The molecule has 2 bridgehead atoms. The molecule has 0 spiro atoms. The van der Waals surface area contributed by atoms with Crippen molar-refractivity contribution >= 4 is 34.7 Å². The average Bonchev–Trinajstić information content (AvgIpc) is 2.73. The number of fused-ring (bicyclic) bond motifs is 4. The molecule has 2 aromatic rings. The Labute approximate surface area is 163 Å². The number of aromatic nitrogens is 2. The molecule has 3 aliphatic rings. The third-order valence-corrected chi connectivity index (χ3v) is 6.71. The van der Waals surface area contributed by atoms with E-state index < -0.39 is 0 Å². The van der Waals surface area contributed by atoms with Gasteiger partial charge in [-0.1, -0.05) is 23.8 Å². The number of pyridine rings is 2. The minimum Gasteiger partial charge on any atom is -0.481 e. The van der Waals surface area contributed by atoms with Crippen LogP contribution < -0.4 is 4.74 Å². The first-order valence-corrected chi connectivity index (χ1v) is 9.66. The number of methoxy groups -OCH3 is 2. The maximum atomic E-state index is 12.2. The van der Waals surface area contributed by atoms with Crippen LogP contribution in [0.4, 0.5) is 0 Å². The van der Waals surface area contributed by atoms with Gasteiger partial charge in [0.1, 0.15) is 5.52 Å². The summed E-state index contributed by atoms with van der Waals surface area (Å²) in [6.07, 6.45) is 11.7. The van der Waals surface area contributed by atoms with Crippen LogP contribution in [0.3, 0.4) is 0 Å². The fraction of sp³-hybridized carbons (Fsp3) is 0.476. The van der Waals surface area contributed by atoms with Crippen LogP contribution in [0, 0.1) is 10.8 Å². The fourth-order valence-electron chi connectivity index (χ4n) is 4.56. The largest absolute Gasteiger partial charge is 0.481 e. The SMILES string of the molecule is COC(=O)C12CCC(/C=C\c3c(Cl)cnc4ccc(OC)nc34)(CC1)CC2. The van der Waals surface area contributed by atoms with Gasteiger partial charge in [0, 0.05) is 17.8 Å². The summed E-state index contributed by atoms with van der Waals surface area (Å²) in [6.45, 7) is 0. The van der Waals surface area contributed by atoms with Crippen LogP contribution in [0.5, 0.6) is 5.88 Å². The van der Waals surface area contributed by atoms with Gasteiger partial charge in [-0.05, 0) is 50.0 Å². The number of ether oxygens (including phenoxy) is 2. The highest BCUT2D eigenvalue weighted by Crippen LogP contribution is 2.58. The van der Waals surface area contributed by atoms with E-state index in [1.165, 1.54) is 7.11 Å². The maximum absolute atomic E-state index is 12.2. The number of halogens is 1. The van der Waals surface area contributed by atoms with Crippen molar-refractivity contribution in [3.8, 4) is 5.88 Å². The topological polar surface area (TPSA) is 61.3 Å². The highest BCUT2D eigenvalue weighted by molar-refractivity contribution is 6.32. The summed E-state index contributed by atoms with van der Waals surface area (Å²) in [5, 5.41) is 0.575. The summed E-state index contributed by atoms with van der Waals surface area (Å²) in [5.74, 6) is 0.497. The standard InChI is InChI=1S/C21H23ClN2O3/c1-26-17-4-3-16-18(24-17)14(15(22)13-23-16)5-6-20-7-10-21(11-8-20,12-9-20)19(25)27-2/h3-6,13H,7-12H2,1-2H3/b6-5-. The predicted molar refractivity (Wildman–Crippen MR) is 105 cm³/mol. The average molecular weight is 387 g/mol. The normalized spacial score (nSPS) is 27.2. The van der Waals surface area contributed by atoms with Crippen LogP contribution in [0.15, 0.2) is 24.4 Å². The third kappa shape index (κ3) is 3.08. The molecule has 2 aromatic heterocycles. The molecule has 0 N–H and O–H groups in total. The molecule has 5 rings (SSSR count). The van der Waals surface area contributed by atoms with Crippen molar-refractivity contribution < 1.29 is 14.3 Å². The number of carbonyl (C=O) groups excluding carboxylic acids is 1. The van der Waals surface area contributed by atoms with Gasteiger partial charge < -0.3 is 9.47 Å². The second-order valence-electron chi connectivity index (χ2n) is 7.71. The molecule has 3 saturated carbocycles. The quantitative estimate of drug-likeness (QED) is 0.705. The van der Waals surface area contributed by atoms with Crippen molar-refractivity contribution in [2.24, 2.45) is 10.8 Å². The Balaban J connectivity index is 1.65. The summed E-state index contributed by atoms with van der Waals surface area (Å²) in [4.78, 5) is 21.1. The minimum atomic E-state index is -0.264. The van der Waals surface area contributed by atoms with E-state index in [-0.39, 0.29) is 16.8 Å². The first-order chi connectivity index (χ1) is 13.0. The Kier molecular flexibility index (Phi) is 4.58. The number of allylic oxidation sites excluding steroid dienone is 1. The second-order valence-corrected chi connectivity index (χ2v) is 8.12. The molecule has 142 valence electrons. The molecule has 0 amide bonds. The molecule has 0 saturated heterocycles. The molecule has 27 heavy (non-hydrogen) atoms. The molecule has 0 unspecified atom stereocenters. The first-order valence-electron chi connectivity index (χ1n) is 9.28. The van der Waals surface area contributed by atoms with E-state index in [2.05, 4.69) is 22.1 Å². The van der Waals surface area contributed by atoms with Gasteiger partial charge in [0.2, 0.25) is 5.88 Å². The van der Waals surface area contributed by atoms with Crippen molar-refractivity contribution in [1.82, 2.24) is 9.97 Å². The van der Waals surface area contributed by atoms with Crippen LogP contribution >= 0.6 is 11.6 Å². The molecule has 0 atom stereocenters. The number of hydrogen-bond donors (Lipinski definition) is 0. The van der Waals surface area contributed by atoms with Crippen molar-refractivity contribution in [2.75, 3.05) is 14.2 Å². The number of carbonyl (C=O) groups is 1. The van der Waals surface area contributed by atoms with E-state index in [4.69, 9.17) is 21.1 Å². The van der Waals surface area contributed by atoms with Gasteiger partial charge in [0.05, 0.1) is 30.2 Å². The molecule has 5 nitrogen and oxygen atoms in total. The monoisotopic (exact) mass is 386 g/mol. The Morgan fingerprint density at radius 1 is 1.15 bits per heavy atom. The summed E-state index contributed by atoms with van der Waals surface area (Å²) in [7, 11) is 3.09. The fourth-order valence-corrected chi connectivity index (χ4v) is 4.77. The number of esters is 1. The number of nitrogens with zero attached hydrogens (tertiary/aromatic N) is 2. The molecule has 0 aromatic carbocycles. The molecule has 2 heterocycles. The van der Waals surface area contributed by atoms with Gasteiger partial charge in [0.15, 0.2) is 0 Å². The lowest BCUT2D eigenvalue weighted by atomic mass is 9.53. The van der Waals surface area contributed by atoms with Crippen molar-refractivity contribution in [2.45, 2.75) is 38.5 Å². The Hall–Kier alpha value is -2.14. The van der Waals surface area contributed by atoms with E-state index in [0.29, 0.717) is 10.9 Å². The number of hydrogen-bond acceptors (Lipinski definition) is 5. The van der Waals surface area contributed by atoms with Crippen LogP contribution in [0.1, 0.15) is 44.1 Å². The molecule has 3 aliphatic carbocycles. The van der Waals surface area contributed by atoms with Gasteiger partial charge in [-0.2, -0.15) is 0 Å². The summed E-state index contributed by atoms with van der Waals surface area (Å²) < 4.78 is 10.3. The highest BCUT2D eigenvalue weighted by Gasteiger charge is 2.52. The van der Waals surface area contributed by atoms with Crippen molar-refractivity contribution in [3.05, 3.63) is 35.0 Å². The zero-order valence-corrected chi connectivity index (χ0v) is 16.4. The molecule has 3 fully saturated rings. The van der Waals surface area contributed by atoms with Crippen molar-refractivity contribution in [1.29, 1.82) is 0 Å². The summed E-state index contributed by atoms with van der Waals surface area (Å²) in [6, 6.07) is 3.68. The van der Waals surface area contributed by atoms with Crippen LogP contribution in [0.2, 0.25) is 5.02 Å². The van der Waals surface area contributed by atoms with Crippen LogP contribution in [-0.2, 0) is 9.53 Å². The zero-order valence-electron chi connectivity index (χ0n) is 15.6. The van der Waals surface area contributed by atoms with E-state index in [9.17, 15) is 4.79 Å². The maximum Gasteiger partial charge on any atom is 0.311 e. The molecular formula is C21H23ClN2O3.